The van der Waals surface area contributed by atoms with Crippen molar-refractivity contribution in [2.75, 3.05) is 38.2 Å². The zero-order valence-corrected chi connectivity index (χ0v) is 11.6. The van der Waals surface area contributed by atoms with Gasteiger partial charge in [-0.1, -0.05) is 0 Å². The molecular weight excluding hydrogens is 260 g/mol. The minimum Gasteiger partial charge on any atom is -0.379 e. The number of hydrogen-bond acceptors (Lipinski definition) is 5. The average molecular weight is 278 g/mol. The van der Waals surface area contributed by atoms with Gasteiger partial charge in [0.05, 0.1) is 36.6 Å². The first-order valence-corrected chi connectivity index (χ1v) is 7.41. The van der Waals surface area contributed by atoms with E-state index < -0.39 is 0 Å². The summed E-state index contributed by atoms with van der Waals surface area (Å²) in [5.74, 6) is 0. The summed E-state index contributed by atoms with van der Waals surface area (Å²) >= 11 is 1.69. The Labute approximate surface area is 116 Å². The molecular formula is C13H18N4OS. The van der Waals surface area contributed by atoms with Crippen molar-refractivity contribution in [1.82, 2.24) is 14.7 Å². The van der Waals surface area contributed by atoms with Gasteiger partial charge in [0.15, 0.2) is 0 Å². The van der Waals surface area contributed by atoms with Crippen LogP contribution in [0.25, 0.3) is 0 Å². The van der Waals surface area contributed by atoms with Crippen molar-refractivity contribution in [1.29, 1.82) is 0 Å². The lowest BCUT2D eigenvalue weighted by atomic mass is 10.4. The predicted octanol–water partition coefficient (Wildman–Crippen LogP) is 2.02. The molecule has 1 saturated heterocycles. The molecule has 2 aromatic rings. The summed E-state index contributed by atoms with van der Waals surface area (Å²) in [5.41, 5.74) is 1.05. The first-order valence-electron chi connectivity index (χ1n) is 6.53. The highest BCUT2D eigenvalue weighted by atomic mass is 32.1. The Bertz CT molecular complexity index is 490. The van der Waals surface area contributed by atoms with Gasteiger partial charge in [-0.15, -0.1) is 11.3 Å². The molecule has 0 bridgehead atoms. The summed E-state index contributed by atoms with van der Waals surface area (Å²) in [6.07, 6.45) is 3.93. The largest absolute Gasteiger partial charge is 0.379 e. The highest BCUT2D eigenvalue weighted by Crippen LogP contribution is 2.20. The minimum atomic E-state index is 0.851. The average Bonchev–Trinajstić information content (AvgIpc) is 3.10. The molecule has 0 aliphatic carbocycles. The molecule has 0 aromatic carbocycles. The van der Waals surface area contributed by atoms with Crippen molar-refractivity contribution in [3.8, 4) is 0 Å². The van der Waals surface area contributed by atoms with Crippen LogP contribution in [0, 0.1) is 0 Å². The van der Waals surface area contributed by atoms with Crippen LogP contribution in [0.5, 0.6) is 0 Å². The molecule has 1 fully saturated rings. The lowest BCUT2D eigenvalue weighted by molar-refractivity contribution is 0.0360. The van der Waals surface area contributed by atoms with Crippen LogP contribution in [-0.2, 0) is 11.3 Å². The van der Waals surface area contributed by atoms with E-state index in [1.807, 2.05) is 16.9 Å². The van der Waals surface area contributed by atoms with Gasteiger partial charge in [-0.05, 0) is 17.5 Å². The van der Waals surface area contributed by atoms with Crippen molar-refractivity contribution in [2.45, 2.75) is 6.54 Å². The van der Waals surface area contributed by atoms with Crippen LogP contribution in [0.2, 0.25) is 0 Å². The number of anilines is 2. The molecule has 102 valence electrons. The zero-order chi connectivity index (χ0) is 12.9. The number of rotatable bonds is 5. The van der Waals surface area contributed by atoms with Crippen LogP contribution >= 0.6 is 11.3 Å². The third-order valence-corrected chi connectivity index (χ3v) is 3.96. The van der Waals surface area contributed by atoms with Crippen molar-refractivity contribution < 1.29 is 4.74 Å². The molecule has 3 rings (SSSR count). The lowest BCUT2D eigenvalue weighted by Gasteiger charge is -2.26. The predicted molar refractivity (Wildman–Crippen MR) is 77.1 cm³/mol. The van der Waals surface area contributed by atoms with Crippen LogP contribution in [0.3, 0.4) is 0 Å². The van der Waals surface area contributed by atoms with E-state index in [9.17, 15) is 0 Å². The number of nitrogens with one attached hydrogen (secondary N) is 1. The van der Waals surface area contributed by atoms with Crippen LogP contribution < -0.4 is 5.32 Å². The number of ether oxygens (including phenoxy) is 1. The Balaban J connectivity index is 1.50. The van der Waals surface area contributed by atoms with E-state index in [2.05, 4.69) is 33.0 Å². The lowest BCUT2D eigenvalue weighted by Crippen LogP contribution is -2.38. The standard InChI is InChI=1S/C13H18N4OS/c1-2-13(19-9-1)15-12-10-14-17(11-12)4-3-16-5-7-18-8-6-16/h1-2,9-11,15H,3-8H2. The molecule has 2 aromatic heterocycles. The fourth-order valence-electron chi connectivity index (χ4n) is 2.11. The van der Waals surface area contributed by atoms with Crippen molar-refractivity contribution >= 4 is 22.0 Å². The van der Waals surface area contributed by atoms with E-state index in [0.717, 1.165) is 50.1 Å². The molecule has 0 saturated carbocycles. The molecule has 0 radical (unpaired) electrons. The molecule has 0 atom stereocenters. The normalized spacial score (nSPS) is 16.6. The van der Waals surface area contributed by atoms with E-state index in [1.54, 1.807) is 11.3 Å². The van der Waals surface area contributed by atoms with Gasteiger partial charge in [-0.2, -0.15) is 5.10 Å². The Morgan fingerprint density at radius 3 is 3.00 bits per heavy atom. The van der Waals surface area contributed by atoms with E-state index in [1.165, 1.54) is 0 Å². The quantitative estimate of drug-likeness (QED) is 0.908. The molecule has 19 heavy (non-hydrogen) atoms. The second kappa shape index (κ2) is 6.18. The molecule has 5 nitrogen and oxygen atoms in total. The zero-order valence-electron chi connectivity index (χ0n) is 10.8. The van der Waals surface area contributed by atoms with E-state index in [-0.39, 0.29) is 0 Å². The highest BCUT2D eigenvalue weighted by molar-refractivity contribution is 7.14. The van der Waals surface area contributed by atoms with Gasteiger partial charge in [-0.3, -0.25) is 9.58 Å². The summed E-state index contributed by atoms with van der Waals surface area (Å²) in [6.45, 7) is 5.72. The van der Waals surface area contributed by atoms with Crippen LogP contribution in [-0.4, -0.2) is 47.5 Å². The van der Waals surface area contributed by atoms with E-state index in [0.29, 0.717) is 0 Å². The van der Waals surface area contributed by atoms with Gasteiger partial charge in [0, 0.05) is 25.8 Å². The van der Waals surface area contributed by atoms with Gasteiger partial charge >= 0.3 is 0 Å². The van der Waals surface area contributed by atoms with Crippen molar-refractivity contribution in [3.05, 3.63) is 29.9 Å². The molecule has 1 aliphatic heterocycles. The van der Waals surface area contributed by atoms with E-state index in [4.69, 9.17) is 4.74 Å². The Hall–Kier alpha value is -1.37. The third kappa shape index (κ3) is 3.56. The second-order valence-corrected chi connectivity index (χ2v) is 5.50. The third-order valence-electron chi connectivity index (χ3n) is 3.17. The molecule has 6 heteroatoms. The highest BCUT2D eigenvalue weighted by Gasteiger charge is 2.10. The summed E-state index contributed by atoms with van der Waals surface area (Å²) in [6, 6.07) is 4.10. The number of aromatic nitrogens is 2. The van der Waals surface area contributed by atoms with Crippen LogP contribution in [0.4, 0.5) is 10.7 Å². The summed E-state index contributed by atoms with van der Waals surface area (Å²) in [4.78, 5) is 2.41. The summed E-state index contributed by atoms with van der Waals surface area (Å²) < 4.78 is 7.33. The number of thiophene rings is 1. The van der Waals surface area contributed by atoms with Gasteiger partial charge in [0.25, 0.3) is 0 Å². The number of hydrogen-bond donors (Lipinski definition) is 1. The molecule has 0 amide bonds. The molecule has 0 unspecified atom stereocenters. The Morgan fingerprint density at radius 1 is 1.32 bits per heavy atom. The SMILES string of the molecule is c1csc(Nc2cnn(CCN3CCOCC3)c2)c1. The fraction of sp³-hybridized carbons (Fsp3) is 0.462. The van der Waals surface area contributed by atoms with Crippen molar-refractivity contribution in [3.63, 3.8) is 0 Å². The smallest absolute Gasteiger partial charge is 0.0927 e. The minimum absolute atomic E-state index is 0.851. The second-order valence-electron chi connectivity index (χ2n) is 4.55. The Kier molecular flexibility index (Phi) is 4.12. The first kappa shape index (κ1) is 12.7. The number of nitrogens with zero attached hydrogens (tertiary/aromatic N) is 3. The number of morpholine rings is 1. The van der Waals surface area contributed by atoms with Gasteiger partial charge < -0.3 is 10.1 Å². The monoisotopic (exact) mass is 278 g/mol. The molecule has 1 N–H and O–H groups in total. The topological polar surface area (TPSA) is 42.3 Å². The van der Waals surface area contributed by atoms with Gasteiger partial charge in [0.1, 0.15) is 0 Å². The Morgan fingerprint density at radius 2 is 2.21 bits per heavy atom. The van der Waals surface area contributed by atoms with Gasteiger partial charge in [-0.25, -0.2) is 0 Å². The van der Waals surface area contributed by atoms with Crippen LogP contribution in [0.1, 0.15) is 0 Å². The first-order chi connectivity index (χ1) is 9.40. The maximum atomic E-state index is 5.34. The van der Waals surface area contributed by atoms with E-state index >= 15 is 0 Å². The van der Waals surface area contributed by atoms with Gasteiger partial charge in [0.2, 0.25) is 0 Å². The molecule has 0 spiro atoms. The van der Waals surface area contributed by atoms with Crippen LogP contribution in [0.15, 0.2) is 29.9 Å². The summed E-state index contributed by atoms with van der Waals surface area (Å²) in [7, 11) is 0. The molecule has 1 aliphatic rings. The summed E-state index contributed by atoms with van der Waals surface area (Å²) in [5, 5.41) is 10.9. The van der Waals surface area contributed by atoms with Crippen molar-refractivity contribution in [2.24, 2.45) is 0 Å². The maximum absolute atomic E-state index is 5.34. The molecule has 3 heterocycles. The maximum Gasteiger partial charge on any atom is 0.0927 e. The fourth-order valence-corrected chi connectivity index (χ4v) is 2.75.